The lowest BCUT2D eigenvalue weighted by Gasteiger charge is -2.37. The second-order valence-electron chi connectivity index (χ2n) is 4.68. The predicted octanol–water partition coefficient (Wildman–Crippen LogP) is 1.84. The molecule has 13 heavy (non-hydrogen) atoms. The SMILES string of the molecule is CC1CCCC(N(C)C(C)CN)C1. The fraction of sp³-hybridized carbons (Fsp3) is 1.00. The van der Waals surface area contributed by atoms with Gasteiger partial charge in [0, 0.05) is 18.6 Å². The summed E-state index contributed by atoms with van der Waals surface area (Å²) in [6, 6.07) is 1.32. The fourth-order valence-corrected chi connectivity index (χ4v) is 2.30. The van der Waals surface area contributed by atoms with Crippen molar-refractivity contribution in [3.63, 3.8) is 0 Å². The summed E-state index contributed by atoms with van der Waals surface area (Å²) in [5.41, 5.74) is 5.67. The third-order valence-electron chi connectivity index (χ3n) is 3.52. The maximum atomic E-state index is 5.67. The summed E-state index contributed by atoms with van der Waals surface area (Å²) in [6.45, 7) is 5.37. The number of nitrogens with zero attached hydrogens (tertiary/aromatic N) is 1. The van der Waals surface area contributed by atoms with Gasteiger partial charge in [0.2, 0.25) is 0 Å². The van der Waals surface area contributed by atoms with Gasteiger partial charge in [0.15, 0.2) is 0 Å². The van der Waals surface area contributed by atoms with E-state index in [1.165, 1.54) is 25.7 Å². The van der Waals surface area contributed by atoms with Crippen LogP contribution in [0.3, 0.4) is 0 Å². The minimum atomic E-state index is 0.537. The van der Waals surface area contributed by atoms with E-state index in [2.05, 4.69) is 25.8 Å². The van der Waals surface area contributed by atoms with Crippen molar-refractivity contribution in [2.45, 2.75) is 51.6 Å². The van der Waals surface area contributed by atoms with Gasteiger partial charge in [0.1, 0.15) is 0 Å². The summed E-state index contributed by atoms with van der Waals surface area (Å²) < 4.78 is 0. The van der Waals surface area contributed by atoms with Gasteiger partial charge in [0.25, 0.3) is 0 Å². The Morgan fingerprint density at radius 1 is 1.46 bits per heavy atom. The van der Waals surface area contributed by atoms with Crippen LogP contribution < -0.4 is 5.73 Å². The molecule has 0 saturated heterocycles. The summed E-state index contributed by atoms with van der Waals surface area (Å²) in [7, 11) is 2.22. The highest BCUT2D eigenvalue weighted by Crippen LogP contribution is 2.27. The van der Waals surface area contributed by atoms with Crippen molar-refractivity contribution in [3.8, 4) is 0 Å². The molecule has 2 heteroatoms. The third-order valence-corrected chi connectivity index (χ3v) is 3.52. The molecule has 1 aliphatic rings. The first-order chi connectivity index (χ1) is 6.15. The molecule has 0 amide bonds. The molecule has 0 aromatic heterocycles. The number of likely N-dealkylation sites (N-methyl/N-ethyl adjacent to an activating group) is 1. The summed E-state index contributed by atoms with van der Waals surface area (Å²) in [5.74, 6) is 0.908. The van der Waals surface area contributed by atoms with E-state index in [4.69, 9.17) is 5.73 Å². The van der Waals surface area contributed by atoms with Gasteiger partial charge >= 0.3 is 0 Å². The standard InChI is InChI=1S/C11H24N2/c1-9-5-4-6-11(7-9)13(3)10(2)8-12/h9-11H,4-8,12H2,1-3H3. The van der Waals surface area contributed by atoms with Crippen LogP contribution in [0.1, 0.15) is 39.5 Å². The smallest absolute Gasteiger partial charge is 0.0190 e. The van der Waals surface area contributed by atoms with E-state index in [-0.39, 0.29) is 0 Å². The van der Waals surface area contributed by atoms with Gasteiger partial charge in [-0.25, -0.2) is 0 Å². The molecule has 78 valence electrons. The highest BCUT2D eigenvalue weighted by Gasteiger charge is 2.24. The van der Waals surface area contributed by atoms with Crippen LogP contribution in [-0.4, -0.2) is 30.6 Å². The zero-order valence-electron chi connectivity index (χ0n) is 9.29. The van der Waals surface area contributed by atoms with Crippen LogP contribution in [0.2, 0.25) is 0 Å². The molecule has 0 aromatic rings. The van der Waals surface area contributed by atoms with E-state index >= 15 is 0 Å². The summed E-state index contributed by atoms with van der Waals surface area (Å²) in [6.07, 6.45) is 5.54. The molecule has 3 atom stereocenters. The molecule has 1 saturated carbocycles. The van der Waals surface area contributed by atoms with Crippen LogP contribution in [0.5, 0.6) is 0 Å². The Labute approximate surface area is 82.5 Å². The van der Waals surface area contributed by atoms with Crippen molar-refractivity contribution >= 4 is 0 Å². The molecule has 3 unspecified atom stereocenters. The highest BCUT2D eigenvalue weighted by molar-refractivity contribution is 4.80. The lowest BCUT2D eigenvalue weighted by molar-refractivity contribution is 0.129. The number of rotatable bonds is 3. The van der Waals surface area contributed by atoms with Gasteiger partial charge in [0.05, 0.1) is 0 Å². The van der Waals surface area contributed by atoms with E-state index in [0.717, 1.165) is 18.5 Å². The second-order valence-corrected chi connectivity index (χ2v) is 4.68. The Morgan fingerprint density at radius 3 is 2.69 bits per heavy atom. The van der Waals surface area contributed by atoms with Gasteiger partial charge in [-0.15, -0.1) is 0 Å². The third kappa shape index (κ3) is 2.96. The summed E-state index contributed by atoms with van der Waals surface area (Å²) >= 11 is 0. The maximum absolute atomic E-state index is 5.67. The number of nitrogens with two attached hydrogens (primary N) is 1. The lowest BCUT2D eigenvalue weighted by atomic mass is 9.86. The van der Waals surface area contributed by atoms with E-state index < -0.39 is 0 Å². The number of hydrogen-bond acceptors (Lipinski definition) is 2. The molecule has 1 rings (SSSR count). The molecule has 0 aromatic carbocycles. The Kier molecular flexibility index (Phi) is 4.20. The Balaban J connectivity index is 2.41. The summed E-state index contributed by atoms with van der Waals surface area (Å²) in [5, 5.41) is 0. The molecular formula is C11H24N2. The second kappa shape index (κ2) is 4.97. The van der Waals surface area contributed by atoms with Crippen LogP contribution >= 0.6 is 0 Å². The van der Waals surface area contributed by atoms with E-state index in [9.17, 15) is 0 Å². The monoisotopic (exact) mass is 184 g/mol. The Hall–Kier alpha value is -0.0800. The van der Waals surface area contributed by atoms with E-state index in [0.29, 0.717) is 6.04 Å². The van der Waals surface area contributed by atoms with Crippen LogP contribution in [-0.2, 0) is 0 Å². The van der Waals surface area contributed by atoms with E-state index in [1.54, 1.807) is 0 Å². The minimum absolute atomic E-state index is 0.537. The molecule has 0 radical (unpaired) electrons. The van der Waals surface area contributed by atoms with Crippen molar-refractivity contribution in [2.75, 3.05) is 13.6 Å². The topological polar surface area (TPSA) is 29.3 Å². The largest absolute Gasteiger partial charge is 0.329 e. The molecular weight excluding hydrogens is 160 g/mol. The minimum Gasteiger partial charge on any atom is -0.329 e. The average molecular weight is 184 g/mol. The van der Waals surface area contributed by atoms with Crippen LogP contribution in [0.4, 0.5) is 0 Å². The van der Waals surface area contributed by atoms with Crippen molar-refractivity contribution in [3.05, 3.63) is 0 Å². The fourth-order valence-electron chi connectivity index (χ4n) is 2.30. The van der Waals surface area contributed by atoms with Gasteiger partial charge in [-0.1, -0.05) is 19.8 Å². The van der Waals surface area contributed by atoms with Gasteiger partial charge in [-0.05, 0) is 32.7 Å². The number of hydrogen-bond donors (Lipinski definition) is 1. The van der Waals surface area contributed by atoms with Gasteiger partial charge < -0.3 is 5.73 Å². The molecule has 0 heterocycles. The Bertz CT molecular complexity index is 147. The normalized spacial score (nSPS) is 32.1. The highest BCUT2D eigenvalue weighted by atomic mass is 15.2. The lowest BCUT2D eigenvalue weighted by Crippen LogP contribution is -2.44. The first-order valence-corrected chi connectivity index (χ1v) is 5.57. The molecule has 1 fully saturated rings. The molecule has 0 bridgehead atoms. The van der Waals surface area contributed by atoms with Gasteiger partial charge in [-0.3, -0.25) is 4.90 Å². The molecule has 1 aliphatic carbocycles. The van der Waals surface area contributed by atoms with Crippen molar-refractivity contribution in [1.29, 1.82) is 0 Å². The Morgan fingerprint density at radius 2 is 2.15 bits per heavy atom. The first-order valence-electron chi connectivity index (χ1n) is 5.57. The van der Waals surface area contributed by atoms with Crippen molar-refractivity contribution < 1.29 is 0 Å². The maximum Gasteiger partial charge on any atom is 0.0190 e. The molecule has 0 spiro atoms. The predicted molar refractivity (Wildman–Crippen MR) is 57.7 cm³/mol. The first kappa shape index (κ1) is 11.0. The zero-order chi connectivity index (χ0) is 9.84. The van der Waals surface area contributed by atoms with Crippen molar-refractivity contribution in [1.82, 2.24) is 4.90 Å². The van der Waals surface area contributed by atoms with Gasteiger partial charge in [-0.2, -0.15) is 0 Å². The van der Waals surface area contributed by atoms with Crippen molar-refractivity contribution in [2.24, 2.45) is 11.7 Å². The van der Waals surface area contributed by atoms with Crippen LogP contribution in [0.25, 0.3) is 0 Å². The molecule has 0 aliphatic heterocycles. The summed E-state index contributed by atoms with van der Waals surface area (Å²) in [4.78, 5) is 2.47. The average Bonchev–Trinajstić information content (AvgIpc) is 2.15. The van der Waals surface area contributed by atoms with E-state index in [1.807, 2.05) is 0 Å². The van der Waals surface area contributed by atoms with Crippen LogP contribution in [0.15, 0.2) is 0 Å². The molecule has 2 nitrogen and oxygen atoms in total. The quantitative estimate of drug-likeness (QED) is 0.725. The zero-order valence-corrected chi connectivity index (χ0v) is 9.29. The van der Waals surface area contributed by atoms with Crippen LogP contribution in [0, 0.1) is 5.92 Å². The molecule has 2 N–H and O–H groups in total.